The molecule has 0 saturated carbocycles. The Morgan fingerprint density at radius 3 is 2.58 bits per heavy atom. The maximum atomic E-state index is 11.7. The topological polar surface area (TPSA) is 70.2 Å². The minimum atomic E-state index is -0.0400. The van der Waals surface area contributed by atoms with E-state index in [0.29, 0.717) is 12.6 Å². The Balaban J connectivity index is 0.00000324. The van der Waals surface area contributed by atoms with Crippen molar-refractivity contribution in [3.8, 4) is 0 Å². The van der Waals surface area contributed by atoms with Crippen LogP contribution in [0.5, 0.6) is 0 Å². The van der Waals surface area contributed by atoms with E-state index < -0.39 is 0 Å². The quantitative estimate of drug-likeness (QED) is 0.683. The highest BCUT2D eigenvalue weighted by Gasteiger charge is 2.22. The van der Waals surface area contributed by atoms with Crippen molar-refractivity contribution in [3.05, 3.63) is 0 Å². The fraction of sp³-hybridized carbons (Fsp3) is 0.846. The van der Waals surface area contributed by atoms with Gasteiger partial charge in [0.25, 0.3) is 0 Å². The Labute approximate surface area is 121 Å². The van der Waals surface area contributed by atoms with Gasteiger partial charge >= 0.3 is 0 Å². The van der Waals surface area contributed by atoms with Gasteiger partial charge in [0.15, 0.2) is 0 Å². The van der Waals surface area contributed by atoms with Crippen LogP contribution >= 0.6 is 12.4 Å². The van der Waals surface area contributed by atoms with E-state index in [1.165, 1.54) is 0 Å². The summed E-state index contributed by atoms with van der Waals surface area (Å²) in [6.07, 6.45) is 3.58. The van der Waals surface area contributed by atoms with Crippen LogP contribution in [0.25, 0.3) is 0 Å². The first kappa shape index (κ1) is 18.2. The van der Waals surface area contributed by atoms with Gasteiger partial charge in [0.2, 0.25) is 11.8 Å². The van der Waals surface area contributed by atoms with Gasteiger partial charge in [-0.25, -0.2) is 0 Å². The highest BCUT2D eigenvalue weighted by Crippen LogP contribution is 2.08. The van der Waals surface area contributed by atoms with Crippen LogP contribution in [0, 0.1) is 0 Å². The lowest BCUT2D eigenvalue weighted by molar-refractivity contribution is -0.127. The third-order valence-electron chi connectivity index (χ3n) is 3.26. The molecule has 1 heterocycles. The molecule has 3 N–H and O–H groups in total. The predicted molar refractivity (Wildman–Crippen MR) is 78.4 cm³/mol. The Morgan fingerprint density at radius 1 is 1.26 bits per heavy atom. The molecule has 1 saturated heterocycles. The van der Waals surface area contributed by atoms with E-state index in [2.05, 4.69) is 22.9 Å². The summed E-state index contributed by atoms with van der Waals surface area (Å²) in [6, 6.07) is 0.515. The van der Waals surface area contributed by atoms with Gasteiger partial charge in [0.1, 0.15) is 0 Å². The van der Waals surface area contributed by atoms with Gasteiger partial charge < -0.3 is 16.0 Å². The zero-order valence-electron chi connectivity index (χ0n) is 11.8. The average molecular weight is 292 g/mol. The third-order valence-corrected chi connectivity index (χ3v) is 3.26. The molecule has 2 atom stereocenters. The summed E-state index contributed by atoms with van der Waals surface area (Å²) in [5.74, 6) is -0.0657. The van der Waals surface area contributed by atoms with E-state index in [4.69, 9.17) is 0 Å². The first-order valence-electron chi connectivity index (χ1n) is 6.93. The summed E-state index contributed by atoms with van der Waals surface area (Å²) in [5.41, 5.74) is 0. The number of hydrogen-bond donors (Lipinski definition) is 3. The number of carbonyl (C=O) groups is 2. The van der Waals surface area contributed by atoms with Crippen LogP contribution in [0.1, 0.15) is 46.0 Å². The summed E-state index contributed by atoms with van der Waals surface area (Å²) in [5, 5.41) is 9.10. The van der Waals surface area contributed by atoms with Crippen molar-refractivity contribution in [1.29, 1.82) is 0 Å². The largest absolute Gasteiger partial charge is 0.356 e. The van der Waals surface area contributed by atoms with Crippen molar-refractivity contribution in [3.63, 3.8) is 0 Å². The van der Waals surface area contributed by atoms with E-state index in [9.17, 15) is 9.59 Å². The number of nitrogens with one attached hydrogen (secondary N) is 3. The zero-order chi connectivity index (χ0) is 13.4. The van der Waals surface area contributed by atoms with Crippen molar-refractivity contribution in [1.82, 2.24) is 16.0 Å². The number of rotatable bonds is 6. The monoisotopic (exact) mass is 291 g/mol. The summed E-state index contributed by atoms with van der Waals surface area (Å²) in [7, 11) is 0. The number of piperidine rings is 1. The fourth-order valence-corrected chi connectivity index (χ4v) is 2.10. The van der Waals surface area contributed by atoms with Crippen LogP contribution in [0.15, 0.2) is 0 Å². The van der Waals surface area contributed by atoms with Gasteiger partial charge in [0, 0.05) is 31.5 Å². The summed E-state index contributed by atoms with van der Waals surface area (Å²) in [6.45, 7) is 5.79. The molecule has 2 amide bonds. The van der Waals surface area contributed by atoms with Crippen LogP contribution in [0.3, 0.4) is 0 Å². The number of carbonyl (C=O) groups excluding carboxylic acids is 2. The number of hydrogen-bond acceptors (Lipinski definition) is 3. The summed E-state index contributed by atoms with van der Waals surface area (Å²) in [4.78, 5) is 23.1. The third kappa shape index (κ3) is 7.38. The molecule has 1 fully saturated rings. The minimum Gasteiger partial charge on any atom is -0.356 e. The standard InChI is InChI=1S/C13H25N3O2.ClH/c1-3-8-15-12(17)6-7-13(18)16-11-5-4-9-14-10(11)2;/h10-11,14H,3-9H2,1-2H3,(H,15,17)(H,16,18);1H. The highest BCUT2D eigenvalue weighted by molar-refractivity contribution is 5.85. The van der Waals surface area contributed by atoms with Crippen molar-refractivity contribution >= 4 is 24.2 Å². The minimum absolute atomic E-state index is 0. The molecule has 1 aliphatic heterocycles. The van der Waals surface area contributed by atoms with Crippen LogP contribution < -0.4 is 16.0 Å². The molecule has 1 aliphatic rings. The van der Waals surface area contributed by atoms with E-state index in [0.717, 1.165) is 25.8 Å². The maximum Gasteiger partial charge on any atom is 0.220 e. The number of amides is 2. The van der Waals surface area contributed by atoms with E-state index >= 15 is 0 Å². The second kappa shape index (κ2) is 10.0. The Kier molecular flexibility index (Phi) is 9.61. The molecule has 2 unspecified atom stereocenters. The van der Waals surface area contributed by atoms with Gasteiger partial charge in [-0.15, -0.1) is 12.4 Å². The van der Waals surface area contributed by atoms with Crippen molar-refractivity contribution in [2.75, 3.05) is 13.1 Å². The Morgan fingerprint density at radius 2 is 1.95 bits per heavy atom. The molecular weight excluding hydrogens is 266 g/mol. The van der Waals surface area contributed by atoms with Crippen LogP contribution in [0.2, 0.25) is 0 Å². The maximum absolute atomic E-state index is 11.7. The van der Waals surface area contributed by atoms with Gasteiger partial charge in [-0.1, -0.05) is 6.92 Å². The van der Waals surface area contributed by atoms with Crippen LogP contribution in [-0.2, 0) is 9.59 Å². The molecular formula is C13H26ClN3O2. The second-order valence-electron chi connectivity index (χ2n) is 4.91. The van der Waals surface area contributed by atoms with E-state index in [-0.39, 0.29) is 43.1 Å². The first-order chi connectivity index (χ1) is 8.63. The SMILES string of the molecule is CCCNC(=O)CCC(=O)NC1CCCNC1C.Cl. The highest BCUT2D eigenvalue weighted by atomic mass is 35.5. The predicted octanol–water partition coefficient (Wildman–Crippen LogP) is 0.971. The molecule has 0 aromatic rings. The van der Waals surface area contributed by atoms with Gasteiger partial charge in [-0.05, 0) is 32.7 Å². The molecule has 112 valence electrons. The van der Waals surface area contributed by atoms with Crippen molar-refractivity contribution < 1.29 is 9.59 Å². The van der Waals surface area contributed by atoms with Crippen LogP contribution in [-0.4, -0.2) is 37.0 Å². The molecule has 0 aromatic heterocycles. The van der Waals surface area contributed by atoms with E-state index in [1.807, 2.05) is 6.92 Å². The van der Waals surface area contributed by atoms with Crippen molar-refractivity contribution in [2.24, 2.45) is 0 Å². The zero-order valence-corrected chi connectivity index (χ0v) is 12.6. The van der Waals surface area contributed by atoms with Crippen molar-refractivity contribution in [2.45, 2.75) is 58.0 Å². The first-order valence-corrected chi connectivity index (χ1v) is 6.93. The Bertz CT molecular complexity index is 287. The molecule has 5 nitrogen and oxygen atoms in total. The lowest BCUT2D eigenvalue weighted by Gasteiger charge is -2.30. The molecule has 0 aromatic carbocycles. The lowest BCUT2D eigenvalue weighted by atomic mass is 10.00. The second-order valence-corrected chi connectivity index (χ2v) is 4.91. The van der Waals surface area contributed by atoms with Gasteiger partial charge in [-0.2, -0.15) is 0 Å². The van der Waals surface area contributed by atoms with E-state index in [1.54, 1.807) is 0 Å². The summed E-state index contributed by atoms with van der Waals surface area (Å²) >= 11 is 0. The molecule has 0 spiro atoms. The molecule has 0 aliphatic carbocycles. The molecule has 1 rings (SSSR count). The van der Waals surface area contributed by atoms with Gasteiger partial charge in [0.05, 0.1) is 0 Å². The van der Waals surface area contributed by atoms with Gasteiger partial charge in [-0.3, -0.25) is 9.59 Å². The fourth-order valence-electron chi connectivity index (χ4n) is 2.10. The summed E-state index contributed by atoms with van der Waals surface area (Å²) < 4.78 is 0. The number of halogens is 1. The normalized spacial score (nSPS) is 22.2. The molecule has 0 bridgehead atoms. The Hall–Kier alpha value is -0.810. The smallest absolute Gasteiger partial charge is 0.220 e. The van der Waals surface area contributed by atoms with Crippen LogP contribution in [0.4, 0.5) is 0 Å². The lowest BCUT2D eigenvalue weighted by Crippen LogP contribution is -2.52. The molecule has 0 radical (unpaired) electrons. The molecule has 6 heteroatoms. The average Bonchev–Trinajstić information content (AvgIpc) is 2.36. The molecule has 19 heavy (non-hydrogen) atoms.